The summed E-state index contributed by atoms with van der Waals surface area (Å²) >= 11 is 1.28. The van der Waals surface area contributed by atoms with Gasteiger partial charge in [-0.15, -0.1) is 0 Å². The van der Waals surface area contributed by atoms with E-state index in [9.17, 15) is 4.79 Å². The van der Waals surface area contributed by atoms with Gasteiger partial charge in [0.2, 0.25) is 5.13 Å². The average Bonchev–Trinajstić information content (AvgIpc) is 2.82. The van der Waals surface area contributed by atoms with Gasteiger partial charge in [0.05, 0.1) is 6.04 Å². The first-order chi connectivity index (χ1) is 9.63. The van der Waals surface area contributed by atoms with Crippen LogP contribution >= 0.6 is 11.5 Å². The van der Waals surface area contributed by atoms with Gasteiger partial charge in [-0.1, -0.05) is 30.3 Å². The van der Waals surface area contributed by atoms with Crippen molar-refractivity contribution in [2.75, 3.05) is 11.9 Å². The summed E-state index contributed by atoms with van der Waals surface area (Å²) in [7, 11) is 0. The van der Waals surface area contributed by atoms with Gasteiger partial charge in [0, 0.05) is 11.5 Å². The number of ether oxygens (including phenoxy) is 1. The number of aryl methyl sites for hydroxylation is 1. The third-order valence-electron chi connectivity index (χ3n) is 2.61. The van der Waals surface area contributed by atoms with Crippen molar-refractivity contribution in [3.8, 4) is 0 Å². The smallest absolute Gasteiger partial charge is 0.404 e. The number of carbonyl (C=O) groups excluding carboxylic acids is 1. The van der Waals surface area contributed by atoms with Gasteiger partial charge in [0.15, 0.2) is 0 Å². The Morgan fingerprint density at radius 1 is 1.45 bits per heavy atom. The molecule has 2 rings (SSSR count). The molecule has 0 unspecified atom stereocenters. The summed E-state index contributed by atoms with van der Waals surface area (Å²) in [5.41, 5.74) is 6.16. The fourth-order valence-corrected chi connectivity index (χ4v) is 2.41. The summed E-state index contributed by atoms with van der Waals surface area (Å²) in [5.74, 6) is 0.715. The molecule has 1 aromatic carbocycles. The van der Waals surface area contributed by atoms with Crippen molar-refractivity contribution in [3.05, 3.63) is 41.7 Å². The summed E-state index contributed by atoms with van der Waals surface area (Å²) in [6, 6.07) is 9.83. The molecule has 0 spiro atoms. The molecule has 0 aliphatic carbocycles. The Morgan fingerprint density at radius 3 is 2.80 bits per heavy atom. The standard InChI is InChI=1S/C13H16N4O2S/c1-9-15-13(20-17-9)16-11(8-19-12(14)18)7-10-5-3-2-4-6-10/h2-6,11H,7-8H2,1H3,(H2,14,18)(H,15,16,17)/t11-/m1/s1. The molecule has 2 aromatic rings. The summed E-state index contributed by atoms with van der Waals surface area (Å²) in [4.78, 5) is 15.0. The van der Waals surface area contributed by atoms with E-state index in [2.05, 4.69) is 14.7 Å². The third kappa shape index (κ3) is 4.51. The number of benzene rings is 1. The number of nitrogens with one attached hydrogen (secondary N) is 1. The lowest BCUT2D eigenvalue weighted by molar-refractivity contribution is 0.151. The van der Waals surface area contributed by atoms with Crippen LogP contribution in [0.4, 0.5) is 9.93 Å². The van der Waals surface area contributed by atoms with Crippen LogP contribution in [0.3, 0.4) is 0 Å². The lowest BCUT2D eigenvalue weighted by Crippen LogP contribution is -2.30. The van der Waals surface area contributed by atoms with Gasteiger partial charge in [-0.05, 0) is 18.9 Å². The Labute approximate surface area is 121 Å². The van der Waals surface area contributed by atoms with Crippen LogP contribution in [0, 0.1) is 6.92 Å². The van der Waals surface area contributed by atoms with Crippen LogP contribution in [0.15, 0.2) is 30.3 Å². The summed E-state index contributed by atoms with van der Waals surface area (Å²) < 4.78 is 9.00. The molecule has 0 aliphatic rings. The van der Waals surface area contributed by atoms with Gasteiger partial charge in [-0.3, -0.25) is 0 Å². The molecule has 1 heterocycles. The van der Waals surface area contributed by atoms with Crippen molar-refractivity contribution in [3.63, 3.8) is 0 Å². The molecule has 106 valence electrons. The third-order valence-corrected chi connectivity index (χ3v) is 3.34. The molecular weight excluding hydrogens is 276 g/mol. The Balaban J connectivity index is 2.01. The SMILES string of the molecule is Cc1nsc(N[C@@H](COC(N)=O)Cc2ccccc2)n1. The highest BCUT2D eigenvalue weighted by atomic mass is 32.1. The zero-order valence-corrected chi connectivity index (χ0v) is 11.9. The normalized spacial score (nSPS) is 11.8. The van der Waals surface area contributed by atoms with Crippen molar-refractivity contribution in [2.24, 2.45) is 5.73 Å². The van der Waals surface area contributed by atoms with E-state index in [4.69, 9.17) is 10.5 Å². The minimum atomic E-state index is -0.779. The lowest BCUT2D eigenvalue weighted by atomic mass is 10.1. The highest BCUT2D eigenvalue weighted by Gasteiger charge is 2.14. The fraction of sp³-hybridized carbons (Fsp3) is 0.308. The van der Waals surface area contributed by atoms with Crippen LogP contribution in [-0.4, -0.2) is 28.1 Å². The maximum Gasteiger partial charge on any atom is 0.404 e. The van der Waals surface area contributed by atoms with Crippen molar-refractivity contribution in [1.82, 2.24) is 9.36 Å². The minimum Gasteiger partial charge on any atom is -0.448 e. The van der Waals surface area contributed by atoms with Crippen LogP contribution in [0.1, 0.15) is 11.4 Å². The molecule has 0 fully saturated rings. The van der Waals surface area contributed by atoms with Gasteiger partial charge in [0.25, 0.3) is 0 Å². The van der Waals surface area contributed by atoms with E-state index in [0.717, 1.165) is 5.56 Å². The Kier molecular flexibility index (Phi) is 4.89. The van der Waals surface area contributed by atoms with Gasteiger partial charge in [-0.25, -0.2) is 9.78 Å². The van der Waals surface area contributed by atoms with E-state index < -0.39 is 6.09 Å². The van der Waals surface area contributed by atoms with E-state index in [-0.39, 0.29) is 12.6 Å². The maximum absolute atomic E-state index is 10.8. The van der Waals surface area contributed by atoms with Crippen LogP contribution in [0.25, 0.3) is 0 Å². The number of hydrogen-bond acceptors (Lipinski definition) is 6. The monoisotopic (exact) mass is 292 g/mol. The van der Waals surface area contributed by atoms with E-state index in [0.29, 0.717) is 17.4 Å². The molecule has 1 aromatic heterocycles. The average molecular weight is 292 g/mol. The number of rotatable bonds is 6. The lowest BCUT2D eigenvalue weighted by Gasteiger charge is -2.17. The predicted molar refractivity (Wildman–Crippen MR) is 77.7 cm³/mol. The van der Waals surface area contributed by atoms with E-state index in [1.807, 2.05) is 37.3 Å². The summed E-state index contributed by atoms with van der Waals surface area (Å²) in [6.07, 6.45) is -0.0782. The summed E-state index contributed by atoms with van der Waals surface area (Å²) in [6.45, 7) is 2.01. The van der Waals surface area contributed by atoms with E-state index in [1.165, 1.54) is 11.5 Å². The molecule has 0 saturated heterocycles. The molecule has 0 saturated carbocycles. The topological polar surface area (TPSA) is 90.1 Å². The van der Waals surface area contributed by atoms with E-state index >= 15 is 0 Å². The molecule has 6 nitrogen and oxygen atoms in total. The molecule has 3 N–H and O–H groups in total. The minimum absolute atomic E-state index is 0.0998. The maximum atomic E-state index is 10.8. The molecule has 7 heteroatoms. The number of aromatic nitrogens is 2. The van der Waals surface area contributed by atoms with Crippen LogP contribution in [0.2, 0.25) is 0 Å². The second-order valence-corrected chi connectivity index (χ2v) is 5.06. The van der Waals surface area contributed by atoms with Crippen LogP contribution in [-0.2, 0) is 11.2 Å². The molecule has 1 amide bonds. The number of anilines is 1. The second-order valence-electron chi connectivity index (χ2n) is 4.31. The number of nitrogens with two attached hydrogens (primary N) is 1. The van der Waals surface area contributed by atoms with Crippen molar-refractivity contribution < 1.29 is 9.53 Å². The molecule has 0 radical (unpaired) electrons. The highest BCUT2D eigenvalue weighted by molar-refractivity contribution is 7.09. The first kappa shape index (κ1) is 14.3. The van der Waals surface area contributed by atoms with Crippen molar-refractivity contribution >= 4 is 22.8 Å². The second kappa shape index (κ2) is 6.85. The van der Waals surface area contributed by atoms with Crippen molar-refractivity contribution in [2.45, 2.75) is 19.4 Å². The number of nitrogens with zero attached hydrogens (tertiary/aromatic N) is 2. The Bertz CT molecular complexity index is 559. The van der Waals surface area contributed by atoms with Gasteiger partial charge >= 0.3 is 6.09 Å². The number of amides is 1. The van der Waals surface area contributed by atoms with E-state index in [1.54, 1.807) is 0 Å². The van der Waals surface area contributed by atoms with Gasteiger partial charge in [0.1, 0.15) is 12.4 Å². The number of primary amides is 1. The highest BCUT2D eigenvalue weighted by Crippen LogP contribution is 2.14. The zero-order valence-electron chi connectivity index (χ0n) is 11.1. The largest absolute Gasteiger partial charge is 0.448 e. The molecule has 0 bridgehead atoms. The first-order valence-corrected chi connectivity index (χ1v) is 6.94. The van der Waals surface area contributed by atoms with Crippen LogP contribution in [0.5, 0.6) is 0 Å². The fourth-order valence-electron chi connectivity index (χ4n) is 1.76. The van der Waals surface area contributed by atoms with Gasteiger partial charge in [-0.2, -0.15) is 4.37 Å². The number of carbonyl (C=O) groups is 1. The predicted octanol–water partition coefficient (Wildman–Crippen LogP) is 1.97. The number of hydrogen-bond donors (Lipinski definition) is 2. The Hall–Kier alpha value is -2.15. The first-order valence-electron chi connectivity index (χ1n) is 6.16. The van der Waals surface area contributed by atoms with Gasteiger partial charge < -0.3 is 15.8 Å². The van der Waals surface area contributed by atoms with Crippen molar-refractivity contribution in [1.29, 1.82) is 0 Å². The van der Waals surface area contributed by atoms with Crippen LogP contribution < -0.4 is 11.1 Å². The summed E-state index contributed by atoms with van der Waals surface area (Å²) in [5, 5.41) is 3.92. The molecule has 1 atom stereocenters. The quantitative estimate of drug-likeness (QED) is 0.849. The zero-order chi connectivity index (χ0) is 14.4. The molecular formula is C13H16N4O2S. The molecule has 0 aliphatic heterocycles. The Morgan fingerprint density at radius 2 is 2.20 bits per heavy atom. The molecule has 20 heavy (non-hydrogen) atoms.